The van der Waals surface area contributed by atoms with E-state index in [4.69, 9.17) is 16.3 Å². The molecule has 0 spiro atoms. The summed E-state index contributed by atoms with van der Waals surface area (Å²) in [4.78, 5) is 12.5. The average molecular weight is 334 g/mol. The zero-order valence-corrected chi connectivity index (χ0v) is 14.1. The molecule has 0 radical (unpaired) electrons. The van der Waals surface area contributed by atoms with Gasteiger partial charge in [-0.15, -0.1) is 0 Å². The third-order valence-electron chi connectivity index (χ3n) is 5.13. The van der Waals surface area contributed by atoms with Gasteiger partial charge in [-0.3, -0.25) is 4.79 Å². The Morgan fingerprint density at radius 1 is 1.30 bits per heavy atom. The number of hydrogen-bond acceptors (Lipinski definition) is 2. The largest absolute Gasteiger partial charge is 0.381 e. The standard InChI is InChI=1S/C19H24ClNO2/c20-17-8-4-7-16(13-17)19(9-11-23-12-10-19)14-21-18(22)15-5-2-1-3-6-15/h1-2,4,7-8,13,15H,3,5-6,9-12,14H2,(H,21,22)/t15-/m1/s1. The summed E-state index contributed by atoms with van der Waals surface area (Å²) >= 11 is 6.18. The molecule has 1 aliphatic carbocycles. The number of ether oxygens (including phenoxy) is 1. The van der Waals surface area contributed by atoms with E-state index in [1.165, 1.54) is 5.56 Å². The molecule has 0 unspecified atom stereocenters. The fourth-order valence-electron chi connectivity index (χ4n) is 3.58. The van der Waals surface area contributed by atoms with Crippen LogP contribution in [0.5, 0.6) is 0 Å². The van der Waals surface area contributed by atoms with E-state index in [2.05, 4.69) is 23.5 Å². The van der Waals surface area contributed by atoms with E-state index in [9.17, 15) is 4.79 Å². The average Bonchev–Trinajstić information content (AvgIpc) is 2.61. The maximum absolute atomic E-state index is 12.5. The van der Waals surface area contributed by atoms with Crippen LogP contribution >= 0.6 is 11.6 Å². The highest BCUT2D eigenvalue weighted by Gasteiger charge is 2.35. The normalized spacial score (nSPS) is 23.4. The Morgan fingerprint density at radius 2 is 2.13 bits per heavy atom. The highest BCUT2D eigenvalue weighted by Crippen LogP contribution is 2.35. The van der Waals surface area contributed by atoms with Crippen molar-refractivity contribution >= 4 is 17.5 Å². The van der Waals surface area contributed by atoms with E-state index in [1.807, 2.05) is 18.2 Å². The minimum absolute atomic E-state index is 0.0662. The van der Waals surface area contributed by atoms with Crippen LogP contribution in [0.1, 0.15) is 37.7 Å². The summed E-state index contributed by atoms with van der Waals surface area (Å²) in [6.45, 7) is 2.12. The maximum Gasteiger partial charge on any atom is 0.223 e. The number of nitrogens with one attached hydrogen (secondary N) is 1. The van der Waals surface area contributed by atoms with E-state index in [1.54, 1.807) is 0 Å². The molecule has 3 rings (SSSR count). The molecule has 1 heterocycles. The first kappa shape index (κ1) is 16.5. The Bertz CT molecular complexity index is 578. The van der Waals surface area contributed by atoms with Crippen molar-refractivity contribution in [3.05, 3.63) is 47.0 Å². The summed E-state index contributed by atoms with van der Waals surface area (Å²) in [5.74, 6) is 0.304. The molecule has 0 aromatic heterocycles. The van der Waals surface area contributed by atoms with Crippen LogP contribution in [0.3, 0.4) is 0 Å². The molecule has 1 aromatic carbocycles. The van der Waals surface area contributed by atoms with Crippen molar-refractivity contribution < 1.29 is 9.53 Å². The topological polar surface area (TPSA) is 38.3 Å². The molecule has 2 aliphatic rings. The smallest absolute Gasteiger partial charge is 0.223 e. The molecule has 1 fully saturated rings. The van der Waals surface area contributed by atoms with Crippen LogP contribution in [0.25, 0.3) is 0 Å². The Labute approximate surface area is 143 Å². The molecule has 0 saturated carbocycles. The molecule has 23 heavy (non-hydrogen) atoms. The first-order valence-electron chi connectivity index (χ1n) is 8.46. The number of allylic oxidation sites excluding steroid dienone is 2. The fourth-order valence-corrected chi connectivity index (χ4v) is 3.77. The minimum Gasteiger partial charge on any atom is -0.381 e. The highest BCUT2D eigenvalue weighted by atomic mass is 35.5. The van der Waals surface area contributed by atoms with Crippen molar-refractivity contribution in [1.29, 1.82) is 0 Å². The van der Waals surface area contributed by atoms with Crippen molar-refractivity contribution in [2.45, 2.75) is 37.5 Å². The molecule has 1 saturated heterocycles. The van der Waals surface area contributed by atoms with Gasteiger partial charge in [0, 0.05) is 36.1 Å². The van der Waals surface area contributed by atoms with E-state index < -0.39 is 0 Å². The summed E-state index contributed by atoms with van der Waals surface area (Å²) in [5, 5.41) is 3.96. The summed E-state index contributed by atoms with van der Waals surface area (Å²) < 4.78 is 5.54. The lowest BCUT2D eigenvalue weighted by Crippen LogP contribution is -2.46. The lowest BCUT2D eigenvalue weighted by atomic mass is 9.74. The second-order valence-corrected chi connectivity index (χ2v) is 7.04. The van der Waals surface area contributed by atoms with Crippen LogP contribution in [0.2, 0.25) is 5.02 Å². The van der Waals surface area contributed by atoms with Gasteiger partial charge in [0.1, 0.15) is 0 Å². The summed E-state index contributed by atoms with van der Waals surface area (Å²) in [6.07, 6.45) is 8.93. The molecule has 1 N–H and O–H groups in total. The van der Waals surface area contributed by atoms with Crippen LogP contribution in [-0.2, 0) is 14.9 Å². The van der Waals surface area contributed by atoms with Gasteiger partial charge >= 0.3 is 0 Å². The quantitative estimate of drug-likeness (QED) is 0.850. The van der Waals surface area contributed by atoms with E-state index >= 15 is 0 Å². The van der Waals surface area contributed by atoms with Crippen LogP contribution in [-0.4, -0.2) is 25.7 Å². The van der Waals surface area contributed by atoms with Gasteiger partial charge in [0.05, 0.1) is 0 Å². The van der Waals surface area contributed by atoms with Gasteiger partial charge < -0.3 is 10.1 Å². The SMILES string of the molecule is O=C(NCC1(c2cccc(Cl)c2)CCOCC1)[C@@H]1CC=CCC1. The Balaban J connectivity index is 1.72. The highest BCUT2D eigenvalue weighted by molar-refractivity contribution is 6.30. The Hall–Kier alpha value is -1.32. The van der Waals surface area contributed by atoms with Gasteiger partial charge in [-0.25, -0.2) is 0 Å². The Kier molecular flexibility index (Phi) is 5.39. The minimum atomic E-state index is -0.0662. The predicted octanol–water partition coefficient (Wildman–Crippen LogP) is 3.86. The number of hydrogen-bond donors (Lipinski definition) is 1. The monoisotopic (exact) mass is 333 g/mol. The first-order valence-corrected chi connectivity index (χ1v) is 8.84. The fraction of sp³-hybridized carbons (Fsp3) is 0.526. The maximum atomic E-state index is 12.5. The van der Waals surface area contributed by atoms with E-state index in [0.29, 0.717) is 6.54 Å². The molecule has 0 bridgehead atoms. The van der Waals surface area contributed by atoms with Crippen molar-refractivity contribution in [2.75, 3.05) is 19.8 Å². The molecule has 1 amide bonds. The van der Waals surface area contributed by atoms with Gasteiger partial charge in [0.15, 0.2) is 0 Å². The van der Waals surface area contributed by atoms with Crippen LogP contribution in [0, 0.1) is 5.92 Å². The summed E-state index contributed by atoms with van der Waals surface area (Å²) in [6, 6.07) is 8.03. The molecular formula is C19H24ClNO2. The van der Waals surface area contributed by atoms with Crippen molar-refractivity contribution in [1.82, 2.24) is 5.32 Å². The van der Waals surface area contributed by atoms with Gasteiger partial charge in [0.25, 0.3) is 0 Å². The number of benzene rings is 1. The Morgan fingerprint density at radius 3 is 2.83 bits per heavy atom. The van der Waals surface area contributed by atoms with Crippen molar-refractivity contribution in [3.63, 3.8) is 0 Å². The predicted molar refractivity (Wildman–Crippen MR) is 92.7 cm³/mol. The third-order valence-corrected chi connectivity index (χ3v) is 5.36. The van der Waals surface area contributed by atoms with Crippen LogP contribution in [0.4, 0.5) is 0 Å². The number of halogens is 1. The van der Waals surface area contributed by atoms with Gasteiger partial charge in [-0.2, -0.15) is 0 Å². The number of amides is 1. The molecular weight excluding hydrogens is 310 g/mol. The van der Waals surface area contributed by atoms with Crippen LogP contribution < -0.4 is 5.32 Å². The molecule has 124 valence electrons. The lowest BCUT2D eigenvalue weighted by molar-refractivity contribution is -0.125. The second-order valence-electron chi connectivity index (χ2n) is 6.60. The number of carbonyl (C=O) groups is 1. The summed E-state index contributed by atoms with van der Waals surface area (Å²) in [5.41, 5.74) is 1.14. The van der Waals surface area contributed by atoms with Crippen molar-refractivity contribution in [3.8, 4) is 0 Å². The summed E-state index contributed by atoms with van der Waals surface area (Å²) in [7, 11) is 0. The molecule has 1 atom stereocenters. The molecule has 3 nitrogen and oxygen atoms in total. The van der Waals surface area contributed by atoms with Crippen molar-refractivity contribution in [2.24, 2.45) is 5.92 Å². The van der Waals surface area contributed by atoms with Gasteiger partial charge in [-0.1, -0.05) is 35.9 Å². The molecule has 1 aliphatic heterocycles. The second kappa shape index (κ2) is 7.50. The van der Waals surface area contributed by atoms with Gasteiger partial charge in [-0.05, 0) is 49.8 Å². The number of rotatable bonds is 4. The lowest BCUT2D eigenvalue weighted by Gasteiger charge is -2.38. The zero-order chi connectivity index (χ0) is 16.1. The third kappa shape index (κ3) is 3.96. The molecule has 4 heteroatoms. The van der Waals surface area contributed by atoms with E-state index in [0.717, 1.165) is 50.3 Å². The zero-order valence-electron chi connectivity index (χ0n) is 13.4. The van der Waals surface area contributed by atoms with Gasteiger partial charge in [0.2, 0.25) is 5.91 Å². The first-order chi connectivity index (χ1) is 11.2. The molecule has 1 aromatic rings. The number of carbonyl (C=O) groups excluding carboxylic acids is 1. The van der Waals surface area contributed by atoms with E-state index in [-0.39, 0.29) is 17.2 Å². The van der Waals surface area contributed by atoms with Crippen LogP contribution in [0.15, 0.2) is 36.4 Å².